The highest BCUT2D eigenvalue weighted by molar-refractivity contribution is 7.47. The van der Waals surface area contributed by atoms with Crippen molar-refractivity contribution in [1.82, 2.24) is 0 Å². The fraction of sp³-hybridized carbons (Fsp3) is 0.879. The van der Waals surface area contributed by atoms with E-state index in [1.54, 1.807) is 0 Å². The van der Waals surface area contributed by atoms with Gasteiger partial charge in [0.2, 0.25) is 0 Å². The van der Waals surface area contributed by atoms with Crippen LogP contribution in [0.4, 0.5) is 0 Å². The van der Waals surface area contributed by atoms with Crippen molar-refractivity contribution in [3.63, 3.8) is 0 Å². The van der Waals surface area contributed by atoms with Crippen molar-refractivity contribution in [2.75, 3.05) is 39.6 Å². The minimum absolute atomic E-state index is 0.0833. The number of esters is 4. The van der Waals surface area contributed by atoms with Crippen LogP contribution in [0, 0.1) is 17.8 Å². The van der Waals surface area contributed by atoms with Gasteiger partial charge in [-0.25, -0.2) is 9.13 Å². The van der Waals surface area contributed by atoms with Gasteiger partial charge in [-0.1, -0.05) is 246 Å². The number of carbonyl (C=O) groups excluding carboxylic acids is 4. The van der Waals surface area contributed by atoms with Crippen LogP contribution in [-0.2, 0) is 65.4 Å². The van der Waals surface area contributed by atoms with E-state index in [2.05, 4.69) is 72.8 Å². The van der Waals surface area contributed by atoms with Crippen LogP contribution in [0.3, 0.4) is 0 Å². The van der Waals surface area contributed by atoms with Crippen LogP contribution in [0.2, 0.25) is 0 Å². The van der Waals surface area contributed by atoms with E-state index >= 15 is 0 Å². The molecule has 3 unspecified atom stereocenters. The Balaban J connectivity index is 5.28. The van der Waals surface area contributed by atoms with Crippen molar-refractivity contribution < 1.29 is 80.2 Å². The van der Waals surface area contributed by atoms with E-state index < -0.39 is 97.5 Å². The van der Waals surface area contributed by atoms with Crippen LogP contribution in [0.1, 0.15) is 299 Å². The van der Waals surface area contributed by atoms with E-state index in [0.29, 0.717) is 37.5 Å². The molecule has 0 saturated heterocycles. The minimum Gasteiger partial charge on any atom is -0.462 e. The highest BCUT2D eigenvalue weighted by Crippen LogP contribution is 2.45. The molecule has 0 saturated carbocycles. The lowest BCUT2D eigenvalue weighted by molar-refractivity contribution is -0.161. The molecule has 85 heavy (non-hydrogen) atoms. The summed E-state index contributed by atoms with van der Waals surface area (Å²) in [5.41, 5.74) is 0. The molecule has 0 aromatic heterocycles. The molecule has 500 valence electrons. The monoisotopic (exact) mass is 1250 g/mol. The second kappa shape index (κ2) is 56.8. The summed E-state index contributed by atoms with van der Waals surface area (Å²) >= 11 is 0. The lowest BCUT2D eigenvalue weighted by Gasteiger charge is -2.21. The molecule has 0 radical (unpaired) electrons. The first-order valence-corrected chi connectivity index (χ1v) is 36.7. The molecule has 0 aliphatic rings. The summed E-state index contributed by atoms with van der Waals surface area (Å²) in [7, 11) is -9.90. The highest BCUT2D eigenvalue weighted by atomic mass is 31.2. The number of phosphoric ester groups is 2. The Morgan fingerprint density at radius 3 is 1.05 bits per heavy atom. The highest BCUT2D eigenvalue weighted by Gasteiger charge is 2.30. The molecule has 0 spiro atoms. The molecule has 6 atom stereocenters. The van der Waals surface area contributed by atoms with E-state index in [9.17, 15) is 43.2 Å². The molecule has 0 fully saturated rings. The van der Waals surface area contributed by atoms with Gasteiger partial charge in [0.25, 0.3) is 0 Å². The minimum atomic E-state index is -4.96. The zero-order chi connectivity index (χ0) is 63.1. The average molecular weight is 1250 g/mol. The third-order valence-electron chi connectivity index (χ3n) is 14.9. The van der Waals surface area contributed by atoms with Gasteiger partial charge in [0.15, 0.2) is 12.2 Å². The summed E-state index contributed by atoms with van der Waals surface area (Å²) in [6.07, 6.45) is 41.4. The van der Waals surface area contributed by atoms with Gasteiger partial charge in [-0.3, -0.25) is 37.3 Å². The number of aliphatic hydroxyl groups is 1. The summed E-state index contributed by atoms with van der Waals surface area (Å²) < 4.78 is 68.0. The number of ether oxygens (including phenoxy) is 4. The van der Waals surface area contributed by atoms with E-state index in [1.807, 2.05) is 0 Å². The molecule has 0 bridgehead atoms. The predicted molar refractivity (Wildman–Crippen MR) is 340 cm³/mol. The average Bonchev–Trinajstić information content (AvgIpc) is 3.57. The lowest BCUT2D eigenvalue weighted by Crippen LogP contribution is -2.30. The Labute approximate surface area is 516 Å². The molecule has 0 aromatic rings. The van der Waals surface area contributed by atoms with E-state index in [-0.39, 0.29) is 25.7 Å². The lowest BCUT2D eigenvalue weighted by atomic mass is 10.00. The summed E-state index contributed by atoms with van der Waals surface area (Å²) in [5, 5.41) is 10.5. The zero-order valence-electron chi connectivity index (χ0n) is 54.5. The van der Waals surface area contributed by atoms with Crippen LogP contribution in [0.15, 0.2) is 24.3 Å². The third-order valence-corrected chi connectivity index (χ3v) is 16.8. The van der Waals surface area contributed by atoms with E-state index in [0.717, 1.165) is 121 Å². The largest absolute Gasteiger partial charge is 0.472 e. The number of phosphoric acid groups is 2. The molecule has 19 heteroatoms. The smallest absolute Gasteiger partial charge is 0.462 e. The maximum Gasteiger partial charge on any atom is 0.472 e. The van der Waals surface area contributed by atoms with Gasteiger partial charge in [-0.2, -0.15) is 0 Å². The Morgan fingerprint density at radius 1 is 0.388 bits per heavy atom. The first-order chi connectivity index (χ1) is 40.8. The molecule has 0 aromatic carbocycles. The molecule has 0 aliphatic carbocycles. The number of rotatable bonds is 62. The number of hydrogen-bond acceptors (Lipinski definition) is 15. The third kappa shape index (κ3) is 59.0. The summed E-state index contributed by atoms with van der Waals surface area (Å²) in [5.74, 6) is -0.0464. The molecular weight excluding hydrogens is 1130 g/mol. The normalized spacial score (nSPS) is 14.8. The van der Waals surface area contributed by atoms with Crippen molar-refractivity contribution in [3.05, 3.63) is 24.3 Å². The van der Waals surface area contributed by atoms with Crippen molar-refractivity contribution >= 4 is 39.5 Å². The van der Waals surface area contributed by atoms with Crippen LogP contribution < -0.4 is 0 Å². The first kappa shape index (κ1) is 82.5. The van der Waals surface area contributed by atoms with Gasteiger partial charge in [0, 0.05) is 25.7 Å². The van der Waals surface area contributed by atoms with Gasteiger partial charge in [0.1, 0.15) is 19.3 Å². The van der Waals surface area contributed by atoms with Gasteiger partial charge in [-0.05, 0) is 69.1 Å². The van der Waals surface area contributed by atoms with Gasteiger partial charge in [0.05, 0.1) is 26.4 Å². The molecule has 0 amide bonds. The topological polar surface area (TPSA) is 237 Å². The summed E-state index contributed by atoms with van der Waals surface area (Å²) in [6, 6.07) is 0. The van der Waals surface area contributed by atoms with Crippen molar-refractivity contribution in [3.8, 4) is 0 Å². The second-order valence-electron chi connectivity index (χ2n) is 24.4. The molecule has 3 N–H and O–H groups in total. The van der Waals surface area contributed by atoms with Crippen LogP contribution >= 0.6 is 15.6 Å². The fourth-order valence-corrected chi connectivity index (χ4v) is 10.8. The zero-order valence-corrected chi connectivity index (χ0v) is 56.3. The number of carbonyl (C=O) groups is 4. The quantitative estimate of drug-likeness (QED) is 0.0169. The maximum absolute atomic E-state index is 13.0. The fourth-order valence-electron chi connectivity index (χ4n) is 9.26. The molecule has 0 aliphatic heterocycles. The van der Waals surface area contributed by atoms with Crippen LogP contribution in [-0.4, -0.2) is 96.7 Å². The van der Waals surface area contributed by atoms with Gasteiger partial charge in [-0.15, -0.1) is 0 Å². The van der Waals surface area contributed by atoms with Crippen LogP contribution in [0.5, 0.6) is 0 Å². The van der Waals surface area contributed by atoms with Gasteiger partial charge < -0.3 is 33.8 Å². The van der Waals surface area contributed by atoms with Crippen LogP contribution in [0.25, 0.3) is 0 Å². The number of hydrogen-bond donors (Lipinski definition) is 3. The Kier molecular flexibility index (Phi) is 55.1. The summed E-state index contributed by atoms with van der Waals surface area (Å²) in [4.78, 5) is 72.2. The standard InChI is InChI=1S/C66H124O17P2/c1-8-10-11-12-13-14-15-16-17-18-19-20-24-35-42-49-65(70)82-62(54-77-64(69)48-41-34-29-27-32-39-46-59(7)9-2)56-81-85(74,75)79-52-60(67)51-78-84(72,73)80-55-61(53-76-63(68)47-40-33-28-26-31-38-45-58(5)6)83-66(71)50-43-36-25-22-21-23-30-37-44-57(3)4/h14-17,57-62,67H,8-13,18-56H2,1-7H3,(H,72,73)(H,74,75)/b15-14-,17-16-/t59?,60-,61+,62+/m0/s1. The molecular formula is C66H124O17P2. The van der Waals surface area contributed by atoms with E-state index in [4.69, 9.17) is 37.0 Å². The Morgan fingerprint density at radius 2 is 0.694 bits per heavy atom. The second-order valence-corrected chi connectivity index (χ2v) is 27.3. The van der Waals surface area contributed by atoms with Crippen molar-refractivity contribution in [2.45, 2.75) is 317 Å². The Hall–Kier alpha value is -2.46. The van der Waals surface area contributed by atoms with E-state index in [1.165, 1.54) is 83.5 Å². The van der Waals surface area contributed by atoms with Gasteiger partial charge >= 0.3 is 39.5 Å². The number of aliphatic hydroxyl groups excluding tert-OH is 1. The molecule has 17 nitrogen and oxygen atoms in total. The predicted octanol–water partition coefficient (Wildman–Crippen LogP) is 17.8. The maximum atomic E-state index is 13.0. The number of unbranched alkanes of at least 4 members (excludes halogenated alkanes) is 26. The number of allylic oxidation sites excluding steroid dienone is 4. The SMILES string of the molecule is CCCCCC/C=C\C=C/CCCCCCCC(=O)O[C@H](COC(=O)CCCCCCCCC(C)CC)COP(=O)(O)OC[C@@H](O)COP(=O)(O)OC[C@@H](COC(=O)CCCCCCCCC(C)C)OC(=O)CCCCCCCCCCC(C)C. The molecule has 0 heterocycles. The summed E-state index contributed by atoms with van der Waals surface area (Å²) in [6.45, 7) is 11.6. The van der Waals surface area contributed by atoms with Crippen molar-refractivity contribution in [2.24, 2.45) is 17.8 Å². The first-order valence-electron chi connectivity index (χ1n) is 33.7. The van der Waals surface area contributed by atoms with Crippen molar-refractivity contribution in [1.29, 1.82) is 0 Å². The Bertz CT molecular complexity index is 1780. The molecule has 0 rings (SSSR count).